The van der Waals surface area contributed by atoms with Crippen molar-refractivity contribution >= 4 is 5.91 Å². The highest BCUT2D eigenvalue weighted by Gasteiger charge is 2.43. The lowest BCUT2D eigenvalue weighted by atomic mass is 10.00. The van der Waals surface area contributed by atoms with Crippen LogP contribution in [0.5, 0.6) is 0 Å². The summed E-state index contributed by atoms with van der Waals surface area (Å²) in [5.74, 6) is -0.139. The second-order valence-electron chi connectivity index (χ2n) is 7.74. The lowest BCUT2D eigenvalue weighted by Crippen LogP contribution is -2.45. The Labute approximate surface area is 169 Å². The van der Waals surface area contributed by atoms with Crippen LogP contribution in [0.3, 0.4) is 0 Å². The van der Waals surface area contributed by atoms with Crippen LogP contribution in [0.4, 0.5) is 0 Å². The van der Waals surface area contributed by atoms with Gasteiger partial charge in [-0.2, -0.15) is 0 Å². The summed E-state index contributed by atoms with van der Waals surface area (Å²) >= 11 is 0. The Morgan fingerprint density at radius 1 is 1.38 bits per heavy atom. The first-order chi connectivity index (χ1) is 14.1. The van der Waals surface area contributed by atoms with Crippen molar-refractivity contribution in [1.82, 2.24) is 20.2 Å². The molecule has 154 valence electrons. The molecule has 0 unspecified atom stereocenters. The molecule has 4 heterocycles. The average molecular weight is 398 g/mol. The average Bonchev–Trinajstić information content (AvgIpc) is 3.03. The van der Waals surface area contributed by atoms with Crippen LogP contribution >= 0.6 is 0 Å². The zero-order chi connectivity index (χ0) is 20.1. The third-order valence-corrected chi connectivity index (χ3v) is 5.44. The molecule has 8 nitrogen and oxygen atoms in total. The van der Waals surface area contributed by atoms with Gasteiger partial charge in [-0.05, 0) is 30.5 Å². The Hall–Kier alpha value is -2.55. The van der Waals surface area contributed by atoms with E-state index in [2.05, 4.69) is 20.2 Å². The quantitative estimate of drug-likeness (QED) is 0.779. The molecular formula is C21H26N4O4. The lowest BCUT2D eigenvalue weighted by Gasteiger charge is -2.32. The smallest absolute Gasteiger partial charge is 0.252 e. The number of pyridine rings is 2. The van der Waals surface area contributed by atoms with Crippen LogP contribution < -0.4 is 10.9 Å². The number of hydrogen-bond donors (Lipinski definition) is 2. The van der Waals surface area contributed by atoms with Gasteiger partial charge < -0.3 is 19.8 Å². The summed E-state index contributed by atoms with van der Waals surface area (Å²) in [7, 11) is 0. The maximum absolute atomic E-state index is 12.2. The summed E-state index contributed by atoms with van der Waals surface area (Å²) in [5.41, 5.74) is 1.15. The Balaban J connectivity index is 1.33. The van der Waals surface area contributed by atoms with Crippen LogP contribution in [0.1, 0.15) is 28.8 Å². The number of amides is 1. The molecule has 0 aromatic carbocycles. The molecule has 2 aliphatic heterocycles. The molecule has 2 N–H and O–H groups in total. The summed E-state index contributed by atoms with van der Waals surface area (Å²) < 4.78 is 12.2. The Bertz CT molecular complexity index is 867. The van der Waals surface area contributed by atoms with E-state index >= 15 is 0 Å². The molecule has 1 spiro atoms. The number of carbonyl (C=O) groups excluding carboxylic acids is 1. The Kier molecular flexibility index (Phi) is 6.03. The van der Waals surface area contributed by atoms with Gasteiger partial charge in [0.25, 0.3) is 5.91 Å². The van der Waals surface area contributed by atoms with Gasteiger partial charge in [0.15, 0.2) is 0 Å². The molecule has 2 atom stereocenters. The minimum atomic E-state index is -0.359. The van der Waals surface area contributed by atoms with Gasteiger partial charge in [-0.25, -0.2) is 0 Å². The predicted octanol–water partition coefficient (Wildman–Crippen LogP) is 0.950. The van der Waals surface area contributed by atoms with Crippen molar-refractivity contribution in [2.45, 2.75) is 31.1 Å². The number of nitrogens with one attached hydrogen (secondary N) is 2. The van der Waals surface area contributed by atoms with Gasteiger partial charge >= 0.3 is 0 Å². The molecule has 4 rings (SSSR count). The fourth-order valence-electron chi connectivity index (χ4n) is 3.99. The third-order valence-electron chi connectivity index (χ3n) is 5.44. The van der Waals surface area contributed by atoms with Crippen LogP contribution in [-0.2, 0) is 16.0 Å². The molecule has 2 aromatic heterocycles. The maximum atomic E-state index is 12.2. The first kappa shape index (κ1) is 19.8. The van der Waals surface area contributed by atoms with Crippen molar-refractivity contribution in [2.24, 2.45) is 0 Å². The van der Waals surface area contributed by atoms with E-state index < -0.39 is 0 Å². The fourth-order valence-corrected chi connectivity index (χ4v) is 3.99. The maximum Gasteiger partial charge on any atom is 0.252 e. The highest BCUT2D eigenvalue weighted by Crippen LogP contribution is 2.33. The van der Waals surface area contributed by atoms with E-state index in [9.17, 15) is 9.59 Å². The topological polar surface area (TPSA) is 96.6 Å². The molecular weight excluding hydrogens is 372 g/mol. The summed E-state index contributed by atoms with van der Waals surface area (Å²) in [4.78, 5) is 32.5. The summed E-state index contributed by atoms with van der Waals surface area (Å²) in [6, 6.07) is 6.89. The van der Waals surface area contributed by atoms with Crippen LogP contribution in [0.25, 0.3) is 0 Å². The van der Waals surface area contributed by atoms with Gasteiger partial charge in [0.1, 0.15) is 5.60 Å². The van der Waals surface area contributed by atoms with Gasteiger partial charge in [-0.3, -0.25) is 19.5 Å². The number of H-pyrrole nitrogens is 1. The van der Waals surface area contributed by atoms with Gasteiger partial charge in [-0.1, -0.05) is 6.07 Å². The van der Waals surface area contributed by atoms with Crippen LogP contribution in [0.15, 0.2) is 47.7 Å². The van der Waals surface area contributed by atoms with Crippen molar-refractivity contribution < 1.29 is 14.3 Å². The van der Waals surface area contributed by atoms with Crippen molar-refractivity contribution in [1.29, 1.82) is 0 Å². The number of ether oxygens (including phenoxy) is 2. The molecule has 0 radical (unpaired) electrons. The van der Waals surface area contributed by atoms with Crippen molar-refractivity contribution in [3.05, 3.63) is 64.3 Å². The first-order valence-corrected chi connectivity index (χ1v) is 9.96. The van der Waals surface area contributed by atoms with Crippen molar-refractivity contribution in [3.63, 3.8) is 0 Å². The van der Waals surface area contributed by atoms with E-state index in [1.165, 1.54) is 0 Å². The van der Waals surface area contributed by atoms with Crippen molar-refractivity contribution in [2.75, 3.05) is 32.8 Å². The minimum Gasteiger partial charge on any atom is -0.377 e. The van der Waals surface area contributed by atoms with E-state index in [1.807, 2.05) is 6.07 Å². The van der Waals surface area contributed by atoms with Crippen LogP contribution in [-0.4, -0.2) is 65.3 Å². The SMILES string of the molecule is O=C(NC[C@H]1CC[C@]2(COCCN(Cc3ccc(=O)[nH]c3)C2)O1)c1cccnc1. The molecule has 8 heteroatoms. The number of hydrogen-bond acceptors (Lipinski definition) is 6. The van der Waals surface area contributed by atoms with E-state index in [0.717, 1.165) is 38.0 Å². The fraction of sp³-hybridized carbons (Fsp3) is 0.476. The minimum absolute atomic E-state index is 0.0350. The molecule has 2 saturated heterocycles. The number of aromatic amines is 1. The summed E-state index contributed by atoms with van der Waals surface area (Å²) in [6.45, 7) is 3.98. The number of nitrogens with zero attached hydrogens (tertiary/aromatic N) is 2. The number of carbonyl (C=O) groups is 1. The number of rotatable bonds is 5. The second-order valence-corrected chi connectivity index (χ2v) is 7.74. The lowest BCUT2D eigenvalue weighted by molar-refractivity contribution is -0.0849. The standard InChI is InChI=1S/C21H26N4O4/c26-19-4-3-16(10-23-19)13-25-8-9-28-15-21(14-25)6-5-18(29-21)12-24-20(27)17-2-1-7-22-11-17/h1-4,7,10-11,18H,5-6,8-9,12-15H2,(H,23,26)(H,24,27)/t18-,21+/m1/s1. The first-order valence-electron chi connectivity index (χ1n) is 9.96. The number of aromatic nitrogens is 2. The van der Waals surface area contributed by atoms with E-state index in [4.69, 9.17) is 9.47 Å². The molecule has 0 saturated carbocycles. The van der Waals surface area contributed by atoms with E-state index in [0.29, 0.717) is 25.3 Å². The van der Waals surface area contributed by atoms with E-state index in [-0.39, 0.29) is 23.2 Å². The molecule has 2 aliphatic rings. The second kappa shape index (κ2) is 8.86. The summed E-state index contributed by atoms with van der Waals surface area (Å²) in [6.07, 6.45) is 6.69. The van der Waals surface area contributed by atoms with Gasteiger partial charge in [0, 0.05) is 50.8 Å². The van der Waals surface area contributed by atoms with E-state index in [1.54, 1.807) is 36.8 Å². The molecule has 2 aromatic rings. The zero-order valence-corrected chi connectivity index (χ0v) is 16.3. The molecule has 1 amide bonds. The van der Waals surface area contributed by atoms with Crippen LogP contribution in [0, 0.1) is 0 Å². The monoisotopic (exact) mass is 398 g/mol. The Morgan fingerprint density at radius 3 is 3.10 bits per heavy atom. The normalized spacial score (nSPS) is 25.0. The zero-order valence-electron chi connectivity index (χ0n) is 16.3. The van der Waals surface area contributed by atoms with Crippen molar-refractivity contribution in [3.8, 4) is 0 Å². The highest BCUT2D eigenvalue weighted by atomic mass is 16.6. The molecule has 29 heavy (non-hydrogen) atoms. The van der Waals surface area contributed by atoms with Gasteiger partial charge in [-0.15, -0.1) is 0 Å². The predicted molar refractivity (Wildman–Crippen MR) is 107 cm³/mol. The highest BCUT2D eigenvalue weighted by molar-refractivity contribution is 5.93. The summed E-state index contributed by atoms with van der Waals surface area (Å²) in [5, 5.41) is 2.94. The third kappa shape index (κ3) is 5.09. The van der Waals surface area contributed by atoms with Gasteiger partial charge in [0.05, 0.1) is 24.9 Å². The molecule has 0 bridgehead atoms. The molecule has 0 aliphatic carbocycles. The van der Waals surface area contributed by atoms with Gasteiger partial charge in [0.2, 0.25) is 5.56 Å². The van der Waals surface area contributed by atoms with Crippen LogP contribution in [0.2, 0.25) is 0 Å². The molecule has 2 fully saturated rings. The Morgan fingerprint density at radius 2 is 2.31 bits per heavy atom. The largest absolute Gasteiger partial charge is 0.377 e.